The van der Waals surface area contributed by atoms with Crippen LogP contribution < -0.4 is 0 Å². The standard InChI is InChI=1S/C42H63N7O18/c1-46(16-28(53)34(59)37(62)31(56)19-50)40(65)22-7-4-10-43-25(22)13-49(14-26-23(8-5-11-44-26)41(66)47(2)17-29(54)35(60)38(63)32(57)20-51)15-27-24(9-6-12-45-27)42(67)48(3)18-30(55)36(61)39(64)33(58)21-52/h4-12,28-39,50-64H,13-21H2,1-3H3/t28-,29-,30-,31+,32+,33+,34+,35+,36+,37+,38+,39+/m0/s1. The number of nitrogens with zero attached hydrogens (tertiary/aromatic N) is 7. The van der Waals surface area contributed by atoms with E-state index in [2.05, 4.69) is 15.0 Å². The number of carbonyl (C=O) groups excluding carboxylic acids is 3. The van der Waals surface area contributed by atoms with Gasteiger partial charge in [-0.25, -0.2) is 0 Å². The third-order valence-corrected chi connectivity index (χ3v) is 10.9. The normalized spacial score (nSPS) is 17.2. The minimum atomic E-state index is -1.97. The molecule has 0 radical (unpaired) electrons. The van der Waals surface area contributed by atoms with Gasteiger partial charge >= 0.3 is 0 Å². The average Bonchev–Trinajstić information content (AvgIpc) is 3.33. The monoisotopic (exact) mass is 953 g/mol. The molecule has 3 aromatic heterocycles. The van der Waals surface area contributed by atoms with Gasteiger partial charge in [0.15, 0.2) is 0 Å². The fourth-order valence-electron chi connectivity index (χ4n) is 6.80. The number of hydrogen-bond donors (Lipinski definition) is 15. The molecule has 0 aliphatic carbocycles. The lowest BCUT2D eigenvalue weighted by Gasteiger charge is -2.30. The second kappa shape index (κ2) is 26.7. The lowest BCUT2D eigenvalue weighted by atomic mass is 10.0. The van der Waals surface area contributed by atoms with Crippen molar-refractivity contribution >= 4 is 17.7 Å². The van der Waals surface area contributed by atoms with Crippen LogP contribution in [0.5, 0.6) is 0 Å². The zero-order valence-corrected chi connectivity index (χ0v) is 37.1. The third-order valence-electron chi connectivity index (χ3n) is 10.9. The highest BCUT2D eigenvalue weighted by molar-refractivity contribution is 5.96. The number of rotatable bonds is 27. The van der Waals surface area contributed by atoms with E-state index >= 15 is 0 Å². The molecule has 3 amide bonds. The fraction of sp³-hybridized carbons (Fsp3) is 0.571. The summed E-state index contributed by atoms with van der Waals surface area (Å²) < 4.78 is 0. The molecule has 25 heteroatoms. The van der Waals surface area contributed by atoms with Crippen LogP contribution in [0.2, 0.25) is 0 Å². The van der Waals surface area contributed by atoms with E-state index in [0.29, 0.717) is 0 Å². The molecule has 12 atom stereocenters. The van der Waals surface area contributed by atoms with Crippen LogP contribution in [-0.4, -0.2) is 263 Å². The summed E-state index contributed by atoms with van der Waals surface area (Å²) in [7, 11) is 3.84. The maximum atomic E-state index is 13.9. The zero-order chi connectivity index (χ0) is 50.3. The summed E-state index contributed by atoms with van der Waals surface area (Å²) in [6.45, 7) is -5.17. The number of aliphatic hydroxyl groups excluding tert-OH is 15. The smallest absolute Gasteiger partial charge is 0.255 e. The van der Waals surface area contributed by atoms with Gasteiger partial charge in [0.25, 0.3) is 17.7 Å². The molecule has 0 fully saturated rings. The molecular formula is C42H63N7O18. The lowest BCUT2D eigenvalue weighted by Crippen LogP contribution is -2.50. The van der Waals surface area contributed by atoms with Gasteiger partial charge in [-0.1, -0.05) is 0 Å². The van der Waals surface area contributed by atoms with Crippen LogP contribution in [0, 0.1) is 0 Å². The van der Waals surface area contributed by atoms with Crippen molar-refractivity contribution in [1.29, 1.82) is 0 Å². The molecule has 0 saturated heterocycles. The van der Waals surface area contributed by atoms with Crippen LogP contribution in [0.4, 0.5) is 0 Å². The number of aromatic nitrogens is 3. The Bertz CT molecular complexity index is 1800. The van der Waals surface area contributed by atoms with Crippen molar-refractivity contribution in [2.75, 3.05) is 60.6 Å². The lowest BCUT2D eigenvalue weighted by molar-refractivity contribution is -0.117. The van der Waals surface area contributed by atoms with E-state index in [4.69, 9.17) is 15.3 Å². The van der Waals surface area contributed by atoms with E-state index in [1.54, 1.807) is 4.90 Å². The Morgan fingerprint density at radius 2 is 0.642 bits per heavy atom. The number of amides is 3. The molecule has 0 unspecified atom stereocenters. The van der Waals surface area contributed by atoms with Crippen molar-refractivity contribution in [3.8, 4) is 0 Å². The Hall–Kier alpha value is -4.78. The van der Waals surface area contributed by atoms with Crippen LogP contribution in [0.15, 0.2) is 55.0 Å². The van der Waals surface area contributed by atoms with Crippen LogP contribution in [-0.2, 0) is 19.6 Å². The SMILES string of the molecule is CN(C[C@H](O)[C@@H](O)[C@H](O)[C@H](O)CO)C(=O)c1cccnc1CN(Cc1ncccc1C(=O)N(C)C[C@H](O)[C@@H](O)[C@H](O)[C@H](O)CO)Cc1ncccc1C(=O)N(C)C[C@H](O)[C@@H](O)[C@H](O)[C@H](O)CO. The van der Waals surface area contributed by atoms with Gasteiger partial charge in [0.1, 0.15) is 73.2 Å². The van der Waals surface area contributed by atoms with Gasteiger partial charge < -0.3 is 91.3 Å². The summed E-state index contributed by atoms with van der Waals surface area (Å²) >= 11 is 0. The molecule has 25 nitrogen and oxygen atoms in total. The molecule has 67 heavy (non-hydrogen) atoms. The molecular weight excluding hydrogens is 890 g/mol. The van der Waals surface area contributed by atoms with Crippen molar-refractivity contribution < 1.29 is 91.0 Å². The highest BCUT2D eigenvalue weighted by Crippen LogP contribution is 2.21. The average molecular weight is 954 g/mol. The van der Waals surface area contributed by atoms with Crippen molar-refractivity contribution in [2.45, 2.75) is 92.9 Å². The quantitative estimate of drug-likeness (QED) is 0.0337. The Morgan fingerprint density at radius 1 is 0.418 bits per heavy atom. The number of pyridine rings is 3. The molecule has 0 aliphatic rings. The molecule has 3 rings (SSSR count). The van der Waals surface area contributed by atoms with Gasteiger partial charge in [0, 0.05) is 79.0 Å². The van der Waals surface area contributed by atoms with E-state index in [1.165, 1.54) is 76.1 Å². The molecule has 3 heterocycles. The van der Waals surface area contributed by atoms with E-state index < -0.39 is 130 Å². The topological polar surface area (TPSA) is 406 Å². The first-order valence-electron chi connectivity index (χ1n) is 20.9. The molecule has 374 valence electrons. The van der Waals surface area contributed by atoms with E-state index in [1.807, 2.05) is 0 Å². The van der Waals surface area contributed by atoms with Crippen LogP contribution in [0.25, 0.3) is 0 Å². The predicted molar refractivity (Wildman–Crippen MR) is 230 cm³/mol. The molecule has 0 bridgehead atoms. The molecule has 0 saturated carbocycles. The second-order valence-electron chi connectivity index (χ2n) is 16.1. The van der Waals surface area contributed by atoms with E-state index in [9.17, 15) is 75.7 Å². The minimum absolute atomic E-state index is 0.0242. The predicted octanol–water partition coefficient (Wildman–Crippen LogP) is -7.40. The van der Waals surface area contributed by atoms with Gasteiger partial charge in [-0.3, -0.25) is 34.2 Å². The molecule has 0 spiro atoms. The van der Waals surface area contributed by atoms with Crippen molar-refractivity contribution in [1.82, 2.24) is 34.6 Å². The van der Waals surface area contributed by atoms with E-state index in [0.717, 1.165) is 14.7 Å². The van der Waals surface area contributed by atoms with Crippen LogP contribution >= 0.6 is 0 Å². The van der Waals surface area contributed by atoms with Crippen molar-refractivity contribution in [3.05, 3.63) is 88.8 Å². The second-order valence-corrected chi connectivity index (χ2v) is 16.1. The van der Waals surface area contributed by atoms with Gasteiger partial charge in [-0.15, -0.1) is 0 Å². The minimum Gasteiger partial charge on any atom is -0.394 e. The summed E-state index contributed by atoms with van der Waals surface area (Å²) in [5.41, 5.74) is 0.242. The first-order chi connectivity index (χ1) is 31.6. The summed E-state index contributed by atoms with van der Waals surface area (Å²) in [6, 6.07) is 8.57. The summed E-state index contributed by atoms with van der Waals surface area (Å²) in [5, 5.41) is 150. The van der Waals surface area contributed by atoms with Crippen LogP contribution in [0.3, 0.4) is 0 Å². The van der Waals surface area contributed by atoms with Crippen molar-refractivity contribution in [3.63, 3.8) is 0 Å². The summed E-state index contributed by atoms with van der Waals surface area (Å²) in [6.07, 6.45) is -18.4. The fourth-order valence-corrected chi connectivity index (χ4v) is 6.80. The summed E-state index contributed by atoms with van der Waals surface area (Å²) in [4.78, 5) is 59.6. The first kappa shape index (κ1) is 56.5. The zero-order valence-electron chi connectivity index (χ0n) is 37.1. The summed E-state index contributed by atoms with van der Waals surface area (Å²) in [5.74, 6) is -2.19. The highest BCUT2D eigenvalue weighted by Gasteiger charge is 2.35. The van der Waals surface area contributed by atoms with Gasteiger partial charge in [0.2, 0.25) is 0 Å². The Morgan fingerprint density at radius 3 is 0.866 bits per heavy atom. The van der Waals surface area contributed by atoms with Gasteiger partial charge in [-0.2, -0.15) is 0 Å². The third kappa shape index (κ3) is 15.4. The first-order valence-corrected chi connectivity index (χ1v) is 20.9. The number of aliphatic hydroxyl groups is 15. The van der Waals surface area contributed by atoms with Crippen LogP contribution in [0.1, 0.15) is 48.2 Å². The molecule has 15 N–H and O–H groups in total. The number of likely N-dealkylation sites (N-methyl/N-ethyl adjacent to an activating group) is 3. The Kier molecular flexibility index (Phi) is 22.5. The van der Waals surface area contributed by atoms with Gasteiger partial charge in [0.05, 0.1) is 53.6 Å². The molecule has 0 aromatic carbocycles. The Labute approximate surface area is 384 Å². The van der Waals surface area contributed by atoms with Gasteiger partial charge in [-0.05, 0) is 36.4 Å². The van der Waals surface area contributed by atoms with E-state index in [-0.39, 0.29) is 53.4 Å². The Balaban J connectivity index is 2.04. The maximum absolute atomic E-state index is 13.9. The maximum Gasteiger partial charge on any atom is 0.255 e. The highest BCUT2D eigenvalue weighted by atomic mass is 16.4. The molecule has 0 aliphatic heterocycles. The molecule has 3 aromatic rings. The number of carbonyl (C=O) groups is 3. The number of hydrogen-bond acceptors (Lipinski definition) is 22. The van der Waals surface area contributed by atoms with Crippen molar-refractivity contribution in [2.24, 2.45) is 0 Å². The largest absolute Gasteiger partial charge is 0.394 e.